The van der Waals surface area contributed by atoms with Crippen LogP contribution in [-0.2, 0) is 0 Å². The molecule has 2 N–H and O–H groups in total. The molecule has 0 aromatic heterocycles. The molecule has 2 rings (SSSR count). The van der Waals surface area contributed by atoms with Crippen LogP contribution < -0.4 is 10.5 Å². The minimum Gasteiger partial charge on any atom is -0.456 e. The van der Waals surface area contributed by atoms with Gasteiger partial charge in [0.05, 0.1) is 5.02 Å². The van der Waals surface area contributed by atoms with Crippen LogP contribution in [0.4, 0.5) is 0 Å². The summed E-state index contributed by atoms with van der Waals surface area (Å²) in [6, 6.07) is 13.8. The lowest BCUT2D eigenvalue weighted by Crippen LogP contribution is -2.04. The van der Waals surface area contributed by atoms with Crippen LogP contribution in [-0.4, -0.2) is 0 Å². The van der Waals surface area contributed by atoms with E-state index in [9.17, 15) is 0 Å². The van der Waals surface area contributed by atoms with E-state index in [1.165, 1.54) is 5.56 Å². The Hall–Kier alpha value is -1.51. The van der Waals surface area contributed by atoms with E-state index in [0.29, 0.717) is 16.7 Å². The second-order valence-corrected chi connectivity index (χ2v) is 5.83. The van der Waals surface area contributed by atoms with Crippen molar-refractivity contribution in [2.75, 3.05) is 0 Å². The summed E-state index contributed by atoms with van der Waals surface area (Å²) in [4.78, 5) is 0. The van der Waals surface area contributed by atoms with Gasteiger partial charge in [-0.25, -0.2) is 0 Å². The summed E-state index contributed by atoms with van der Waals surface area (Å²) in [7, 11) is 0. The average molecular weight is 304 g/mol. The molecule has 21 heavy (non-hydrogen) atoms. The smallest absolute Gasteiger partial charge is 0.146 e. The third-order valence-electron chi connectivity index (χ3n) is 3.76. The van der Waals surface area contributed by atoms with Crippen molar-refractivity contribution < 1.29 is 4.74 Å². The van der Waals surface area contributed by atoms with E-state index < -0.39 is 0 Å². The van der Waals surface area contributed by atoms with Gasteiger partial charge in [-0.1, -0.05) is 49.7 Å². The van der Waals surface area contributed by atoms with Gasteiger partial charge in [-0.05, 0) is 48.6 Å². The molecule has 2 unspecified atom stereocenters. The molecule has 0 amide bonds. The molecule has 0 spiro atoms. The maximum absolute atomic E-state index is 6.31. The largest absolute Gasteiger partial charge is 0.456 e. The number of ether oxygens (including phenoxy) is 1. The number of nitrogens with two attached hydrogens (primary N) is 1. The maximum Gasteiger partial charge on any atom is 0.146 e. The Labute approximate surface area is 131 Å². The molecular weight excluding hydrogens is 282 g/mol. The van der Waals surface area contributed by atoms with Crippen molar-refractivity contribution in [2.24, 2.45) is 5.73 Å². The van der Waals surface area contributed by atoms with Crippen molar-refractivity contribution >= 4 is 11.6 Å². The molecule has 0 saturated carbocycles. The molecule has 0 aliphatic rings. The van der Waals surface area contributed by atoms with Gasteiger partial charge in [0, 0.05) is 6.04 Å². The molecule has 0 fully saturated rings. The Balaban J connectivity index is 2.30. The Bertz CT molecular complexity index is 610. The fourth-order valence-corrected chi connectivity index (χ4v) is 2.43. The zero-order valence-corrected chi connectivity index (χ0v) is 13.5. The van der Waals surface area contributed by atoms with Crippen LogP contribution in [0.5, 0.6) is 11.5 Å². The van der Waals surface area contributed by atoms with E-state index in [0.717, 1.165) is 17.7 Å². The van der Waals surface area contributed by atoms with Gasteiger partial charge in [-0.2, -0.15) is 0 Å². The van der Waals surface area contributed by atoms with Gasteiger partial charge in [-0.15, -0.1) is 0 Å². The summed E-state index contributed by atoms with van der Waals surface area (Å²) in [6.07, 6.45) is 1.07. The van der Waals surface area contributed by atoms with Crippen LogP contribution >= 0.6 is 11.6 Å². The predicted octanol–water partition coefficient (Wildman–Crippen LogP) is 5.67. The van der Waals surface area contributed by atoms with Gasteiger partial charge in [0.15, 0.2) is 0 Å². The van der Waals surface area contributed by atoms with Crippen LogP contribution in [0.2, 0.25) is 5.02 Å². The van der Waals surface area contributed by atoms with Crippen LogP contribution in [0.1, 0.15) is 50.3 Å². The maximum atomic E-state index is 6.31. The Kier molecular flexibility index (Phi) is 5.27. The number of hydrogen-bond donors (Lipinski definition) is 1. The Morgan fingerprint density at radius 1 is 1.10 bits per heavy atom. The van der Waals surface area contributed by atoms with Crippen molar-refractivity contribution in [2.45, 2.75) is 39.2 Å². The van der Waals surface area contributed by atoms with E-state index in [4.69, 9.17) is 22.1 Å². The van der Waals surface area contributed by atoms with Gasteiger partial charge in [-0.3, -0.25) is 0 Å². The summed E-state index contributed by atoms with van der Waals surface area (Å²) in [5, 5.41) is 0.587. The predicted molar refractivity (Wildman–Crippen MR) is 89.3 cm³/mol. The fraction of sp³-hybridized carbons (Fsp3) is 0.333. The highest BCUT2D eigenvalue weighted by Crippen LogP contribution is 2.35. The van der Waals surface area contributed by atoms with E-state index in [-0.39, 0.29) is 6.04 Å². The fourth-order valence-electron chi connectivity index (χ4n) is 2.20. The molecule has 0 aliphatic carbocycles. The first-order chi connectivity index (χ1) is 10.0. The highest BCUT2D eigenvalue weighted by atomic mass is 35.5. The minimum absolute atomic E-state index is 0.0380. The normalized spacial score (nSPS) is 13.8. The third kappa shape index (κ3) is 3.78. The van der Waals surface area contributed by atoms with Gasteiger partial charge >= 0.3 is 0 Å². The molecule has 2 atom stereocenters. The summed E-state index contributed by atoms with van der Waals surface area (Å²) in [6.45, 7) is 6.30. The standard InChI is InChI=1S/C18H22ClNO/c1-4-12(2)15-7-5-6-8-17(15)21-18-10-9-14(13(3)20)11-16(18)19/h5-13H,4,20H2,1-3H3. The lowest BCUT2D eigenvalue weighted by atomic mass is 9.98. The van der Waals surface area contributed by atoms with Crippen LogP contribution in [0, 0.1) is 0 Å². The summed E-state index contributed by atoms with van der Waals surface area (Å²) in [5.41, 5.74) is 8.07. The number of rotatable bonds is 5. The second-order valence-electron chi connectivity index (χ2n) is 5.43. The molecule has 0 saturated heterocycles. The highest BCUT2D eigenvalue weighted by molar-refractivity contribution is 6.32. The SMILES string of the molecule is CCC(C)c1ccccc1Oc1ccc(C(C)N)cc1Cl. The first kappa shape index (κ1) is 15.9. The molecular formula is C18H22ClNO. The third-order valence-corrected chi connectivity index (χ3v) is 4.06. The van der Waals surface area contributed by atoms with Crippen molar-refractivity contribution in [1.82, 2.24) is 0 Å². The minimum atomic E-state index is -0.0380. The quantitative estimate of drug-likeness (QED) is 0.773. The molecule has 0 aliphatic heterocycles. The van der Waals surface area contributed by atoms with Gasteiger partial charge in [0.2, 0.25) is 0 Å². The first-order valence-corrected chi connectivity index (χ1v) is 7.72. The molecule has 0 heterocycles. The lowest BCUT2D eigenvalue weighted by molar-refractivity contribution is 0.470. The molecule has 0 radical (unpaired) electrons. The molecule has 0 bridgehead atoms. The molecule has 112 valence electrons. The zero-order chi connectivity index (χ0) is 15.4. The van der Waals surface area contributed by atoms with Crippen molar-refractivity contribution in [3.8, 4) is 11.5 Å². The monoisotopic (exact) mass is 303 g/mol. The summed E-state index contributed by atoms with van der Waals surface area (Å²) < 4.78 is 6.03. The van der Waals surface area contributed by atoms with Crippen LogP contribution in [0.15, 0.2) is 42.5 Å². The van der Waals surface area contributed by atoms with E-state index in [2.05, 4.69) is 19.9 Å². The van der Waals surface area contributed by atoms with Gasteiger partial charge in [0.25, 0.3) is 0 Å². The number of benzene rings is 2. The van der Waals surface area contributed by atoms with Crippen molar-refractivity contribution in [3.05, 3.63) is 58.6 Å². The van der Waals surface area contributed by atoms with Crippen molar-refractivity contribution in [3.63, 3.8) is 0 Å². The van der Waals surface area contributed by atoms with Crippen LogP contribution in [0.25, 0.3) is 0 Å². The zero-order valence-electron chi connectivity index (χ0n) is 12.8. The van der Waals surface area contributed by atoms with E-state index >= 15 is 0 Å². The highest BCUT2D eigenvalue weighted by Gasteiger charge is 2.12. The Morgan fingerprint density at radius 2 is 1.81 bits per heavy atom. The molecule has 2 aromatic carbocycles. The summed E-state index contributed by atoms with van der Waals surface area (Å²) >= 11 is 6.31. The van der Waals surface area contributed by atoms with Crippen molar-refractivity contribution in [1.29, 1.82) is 0 Å². The topological polar surface area (TPSA) is 35.2 Å². The number of hydrogen-bond acceptors (Lipinski definition) is 2. The summed E-state index contributed by atoms with van der Waals surface area (Å²) in [5.74, 6) is 1.97. The van der Waals surface area contributed by atoms with Crippen LogP contribution in [0.3, 0.4) is 0 Å². The second kappa shape index (κ2) is 6.97. The Morgan fingerprint density at radius 3 is 2.43 bits per heavy atom. The first-order valence-electron chi connectivity index (χ1n) is 7.34. The van der Waals surface area contributed by atoms with Gasteiger partial charge < -0.3 is 10.5 Å². The van der Waals surface area contributed by atoms with E-state index in [1.807, 2.05) is 43.3 Å². The van der Waals surface area contributed by atoms with E-state index in [1.54, 1.807) is 0 Å². The number of halogens is 1. The van der Waals surface area contributed by atoms with Gasteiger partial charge in [0.1, 0.15) is 11.5 Å². The lowest BCUT2D eigenvalue weighted by Gasteiger charge is -2.16. The average Bonchev–Trinajstić information content (AvgIpc) is 2.49. The number of para-hydroxylation sites is 1. The molecule has 2 aromatic rings. The molecule has 3 heteroatoms. The molecule has 2 nitrogen and oxygen atoms in total.